The molecule has 1 aliphatic rings. The van der Waals surface area contributed by atoms with Gasteiger partial charge in [-0.1, -0.05) is 29.4 Å². The number of methoxy groups -OCH3 is 1. The minimum Gasteiger partial charge on any atom is -0.468 e. The Kier molecular flexibility index (Phi) is 5.05. The Morgan fingerprint density at radius 3 is 2.69 bits per heavy atom. The first-order chi connectivity index (χ1) is 14.0. The standard InChI is InChI=1S/C22H23N3O4/c1-13-6-4-5-7-16(13)11-25(12-19(26)28-3)22(27)17-10-18(15-8-9-15)23-21-20(17)14(2)24-29-21/h4-7,10,15H,8-9,11-12H2,1-3H3. The molecule has 1 amide bonds. The van der Waals surface area contributed by atoms with E-state index in [2.05, 4.69) is 10.1 Å². The van der Waals surface area contributed by atoms with E-state index in [1.54, 1.807) is 6.92 Å². The number of aryl methyl sites for hydroxylation is 2. The number of hydrogen-bond donors (Lipinski definition) is 0. The van der Waals surface area contributed by atoms with Crippen LogP contribution in [0.15, 0.2) is 34.9 Å². The van der Waals surface area contributed by atoms with E-state index >= 15 is 0 Å². The van der Waals surface area contributed by atoms with Crippen LogP contribution in [-0.4, -0.2) is 40.6 Å². The van der Waals surface area contributed by atoms with Gasteiger partial charge in [0, 0.05) is 18.2 Å². The van der Waals surface area contributed by atoms with Crippen molar-refractivity contribution in [1.29, 1.82) is 0 Å². The van der Waals surface area contributed by atoms with Crippen molar-refractivity contribution in [2.75, 3.05) is 13.7 Å². The van der Waals surface area contributed by atoms with Crippen molar-refractivity contribution in [3.63, 3.8) is 0 Å². The Balaban J connectivity index is 1.76. The van der Waals surface area contributed by atoms with Gasteiger partial charge in [0.15, 0.2) is 0 Å². The van der Waals surface area contributed by atoms with Crippen molar-refractivity contribution in [1.82, 2.24) is 15.0 Å². The molecule has 150 valence electrons. The van der Waals surface area contributed by atoms with E-state index in [1.807, 2.05) is 37.3 Å². The third-order valence-corrected chi connectivity index (χ3v) is 5.32. The molecule has 1 aromatic carbocycles. The number of carbonyl (C=O) groups excluding carboxylic acids is 2. The molecule has 2 heterocycles. The number of hydrogen-bond acceptors (Lipinski definition) is 6. The second-order valence-corrected chi connectivity index (χ2v) is 7.48. The molecule has 0 N–H and O–H groups in total. The minimum absolute atomic E-state index is 0.142. The van der Waals surface area contributed by atoms with Crippen LogP contribution in [0, 0.1) is 13.8 Å². The summed E-state index contributed by atoms with van der Waals surface area (Å²) in [5, 5.41) is 4.59. The van der Waals surface area contributed by atoms with Gasteiger partial charge in [-0.15, -0.1) is 0 Å². The van der Waals surface area contributed by atoms with Crippen LogP contribution < -0.4 is 0 Å². The van der Waals surface area contributed by atoms with Crippen LogP contribution in [0.2, 0.25) is 0 Å². The third-order valence-electron chi connectivity index (χ3n) is 5.32. The molecule has 0 atom stereocenters. The van der Waals surface area contributed by atoms with Crippen molar-refractivity contribution in [3.8, 4) is 0 Å². The largest absolute Gasteiger partial charge is 0.468 e. The maximum absolute atomic E-state index is 13.6. The SMILES string of the molecule is COC(=O)CN(Cc1ccccc1C)C(=O)c1cc(C2CC2)nc2onc(C)c12. The van der Waals surface area contributed by atoms with E-state index in [1.165, 1.54) is 12.0 Å². The number of nitrogens with zero attached hydrogens (tertiary/aromatic N) is 3. The van der Waals surface area contributed by atoms with Crippen molar-refractivity contribution >= 4 is 23.0 Å². The summed E-state index contributed by atoms with van der Waals surface area (Å²) in [5.74, 6) is -0.386. The molecule has 1 aliphatic carbocycles. The van der Waals surface area contributed by atoms with Crippen LogP contribution in [0.3, 0.4) is 0 Å². The topological polar surface area (TPSA) is 85.5 Å². The van der Waals surface area contributed by atoms with Crippen LogP contribution in [0.1, 0.15) is 51.6 Å². The van der Waals surface area contributed by atoms with Crippen LogP contribution in [0.5, 0.6) is 0 Å². The molecule has 3 aromatic rings. The van der Waals surface area contributed by atoms with Crippen molar-refractivity contribution in [3.05, 3.63) is 58.4 Å². The molecular formula is C22H23N3O4. The van der Waals surface area contributed by atoms with Crippen molar-refractivity contribution in [2.24, 2.45) is 0 Å². The second kappa shape index (κ2) is 7.66. The zero-order chi connectivity index (χ0) is 20.5. The van der Waals surface area contributed by atoms with Crippen molar-refractivity contribution in [2.45, 2.75) is 39.2 Å². The zero-order valence-electron chi connectivity index (χ0n) is 16.8. The maximum Gasteiger partial charge on any atom is 0.325 e. The lowest BCUT2D eigenvalue weighted by Crippen LogP contribution is -2.36. The first-order valence-corrected chi connectivity index (χ1v) is 9.65. The number of fused-ring (bicyclic) bond motifs is 1. The summed E-state index contributed by atoms with van der Waals surface area (Å²) in [6, 6.07) is 9.63. The molecule has 1 fully saturated rings. The normalized spacial score (nSPS) is 13.5. The summed E-state index contributed by atoms with van der Waals surface area (Å²) in [5.41, 5.74) is 4.30. The Bertz CT molecular complexity index is 1080. The summed E-state index contributed by atoms with van der Waals surface area (Å²) >= 11 is 0. The fraction of sp³-hybridized carbons (Fsp3) is 0.364. The summed E-state index contributed by atoms with van der Waals surface area (Å²) in [7, 11) is 1.32. The zero-order valence-corrected chi connectivity index (χ0v) is 16.8. The highest BCUT2D eigenvalue weighted by Gasteiger charge is 2.30. The lowest BCUT2D eigenvalue weighted by Gasteiger charge is -2.23. The highest BCUT2D eigenvalue weighted by atomic mass is 16.5. The third kappa shape index (κ3) is 3.85. The molecule has 7 heteroatoms. The van der Waals surface area contributed by atoms with E-state index in [9.17, 15) is 9.59 Å². The molecule has 0 saturated heterocycles. The number of esters is 1. The van der Waals surface area contributed by atoms with E-state index in [4.69, 9.17) is 9.26 Å². The molecule has 1 saturated carbocycles. The predicted octanol–water partition coefficient (Wildman–Crippen LogP) is 3.53. The van der Waals surface area contributed by atoms with E-state index in [-0.39, 0.29) is 12.5 Å². The average Bonchev–Trinajstić information content (AvgIpc) is 3.51. The molecule has 4 rings (SSSR count). The molecule has 29 heavy (non-hydrogen) atoms. The number of rotatable bonds is 6. The lowest BCUT2D eigenvalue weighted by atomic mass is 10.0. The Morgan fingerprint density at radius 2 is 2.00 bits per heavy atom. The van der Waals surface area contributed by atoms with Gasteiger partial charge in [-0.25, -0.2) is 4.98 Å². The quantitative estimate of drug-likeness (QED) is 0.596. The average molecular weight is 393 g/mol. The van der Waals surface area contributed by atoms with Gasteiger partial charge < -0.3 is 14.2 Å². The number of ether oxygens (including phenoxy) is 1. The van der Waals surface area contributed by atoms with Gasteiger partial charge in [-0.05, 0) is 43.9 Å². The van der Waals surface area contributed by atoms with E-state index in [0.29, 0.717) is 34.8 Å². The minimum atomic E-state index is -0.471. The molecule has 7 nitrogen and oxygen atoms in total. The van der Waals surface area contributed by atoms with E-state index < -0.39 is 5.97 Å². The molecule has 0 spiro atoms. The first kappa shape index (κ1) is 19.1. The Labute approximate surface area is 168 Å². The van der Waals surface area contributed by atoms with Crippen LogP contribution in [0.25, 0.3) is 11.1 Å². The summed E-state index contributed by atoms with van der Waals surface area (Å²) in [6.07, 6.45) is 2.10. The van der Waals surface area contributed by atoms with Gasteiger partial charge in [-0.3, -0.25) is 9.59 Å². The highest BCUT2D eigenvalue weighted by molar-refractivity contribution is 6.06. The van der Waals surface area contributed by atoms with Gasteiger partial charge in [-0.2, -0.15) is 0 Å². The number of pyridine rings is 1. The number of carbonyl (C=O) groups is 2. The smallest absolute Gasteiger partial charge is 0.325 e. The van der Waals surface area contributed by atoms with E-state index in [0.717, 1.165) is 29.7 Å². The first-order valence-electron chi connectivity index (χ1n) is 9.65. The molecule has 0 bridgehead atoms. The predicted molar refractivity (Wildman–Crippen MR) is 106 cm³/mol. The van der Waals surface area contributed by atoms with Gasteiger partial charge in [0.25, 0.3) is 11.6 Å². The van der Waals surface area contributed by atoms with Crippen LogP contribution >= 0.6 is 0 Å². The Morgan fingerprint density at radius 1 is 1.24 bits per heavy atom. The second-order valence-electron chi connectivity index (χ2n) is 7.48. The maximum atomic E-state index is 13.6. The number of benzene rings is 1. The molecule has 0 aliphatic heterocycles. The fourth-order valence-corrected chi connectivity index (χ4v) is 3.45. The molecule has 2 aromatic heterocycles. The van der Waals surface area contributed by atoms with Gasteiger partial charge >= 0.3 is 5.97 Å². The number of amides is 1. The Hall–Kier alpha value is -3.22. The highest BCUT2D eigenvalue weighted by Crippen LogP contribution is 2.40. The van der Waals surface area contributed by atoms with Crippen molar-refractivity contribution < 1.29 is 18.8 Å². The van der Waals surface area contributed by atoms with Gasteiger partial charge in [0.2, 0.25) is 0 Å². The molecule has 0 unspecified atom stereocenters. The van der Waals surface area contributed by atoms with Gasteiger partial charge in [0.1, 0.15) is 6.54 Å². The molecular weight excluding hydrogens is 370 g/mol. The monoisotopic (exact) mass is 393 g/mol. The summed E-state index contributed by atoms with van der Waals surface area (Å²) in [6.45, 7) is 3.92. The fourth-order valence-electron chi connectivity index (χ4n) is 3.45. The molecule has 0 radical (unpaired) electrons. The summed E-state index contributed by atoms with van der Waals surface area (Å²) in [4.78, 5) is 31.7. The lowest BCUT2D eigenvalue weighted by molar-refractivity contribution is -0.141. The van der Waals surface area contributed by atoms with Crippen LogP contribution in [-0.2, 0) is 16.1 Å². The van der Waals surface area contributed by atoms with Crippen LogP contribution in [0.4, 0.5) is 0 Å². The summed E-state index contributed by atoms with van der Waals surface area (Å²) < 4.78 is 10.2. The number of aromatic nitrogens is 2. The van der Waals surface area contributed by atoms with Gasteiger partial charge in [0.05, 0.1) is 23.8 Å².